The fraction of sp³-hybridized carbons (Fsp3) is 0.429. The van der Waals surface area contributed by atoms with Crippen LogP contribution in [0, 0.1) is 18.8 Å². The molecule has 0 atom stereocenters. The summed E-state index contributed by atoms with van der Waals surface area (Å²) in [5.41, 5.74) is 6.83. The highest BCUT2D eigenvalue weighted by Gasteiger charge is 2.26. The molecule has 1 aliphatic carbocycles. The van der Waals surface area contributed by atoms with Crippen molar-refractivity contribution in [3.63, 3.8) is 0 Å². The molecular weight excluding hydrogens is 260 g/mol. The van der Waals surface area contributed by atoms with Crippen molar-refractivity contribution in [2.24, 2.45) is 5.73 Å². The Bertz CT molecular complexity index is 623. The molecular formula is C14H18N2O2S. The third-order valence-corrected chi connectivity index (χ3v) is 4.76. The molecule has 0 aliphatic heterocycles. The Morgan fingerprint density at radius 1 is 1.42 bits per heavy atom. The minimum atomic E-state index is -3.49. The van der Waals surface area contributed by atoms with Gasteiger partial charge in [-0.3, -0.25) is 0 Å². The van der Waals surface area contributed by atoms with E-state index in [1.807, 2.05) is 6.92 Å². The molecule has 3 N–H and O–H groups in total. The van der Waals surface area contributed by atoms with Crippen molar-refractivity contribution in [3.8, 4) is 11.8 Å². The van der Waals surface area contributed by atoms with Gasteiger partial charge in [0.15, 0.2) is 0 Å². The molecule has 4 nitrogen and oxygen atoms in total. The summed E-state index contributed by atoms with van der Waals surface area (Å²) in [5.74, 6) is 5.55. The van der Waals surface area contributed by atoms with Crippen LogP contribution in [0.3, 0.4) is 0 Å². The van der Waals surface area contributed by atoms with Crippen molar-refractivity contribution in [2.45, 2.75) is 37.1 Å². The summed E-state index contributed by atoms with van der Waals surface area (Å²) in [6, 6.07) is 5.24. The van der Waals surface area contributed by atoms with Crippen LogP contribution in [-0.2, 0) is 10.0 Å². The van der Waals surface area contributed by atoms with Gasteiger partial charge in [-0.1, -0.05) is 24.3 Å². The topological polar surface area (TPSA) is 72.2 Å². The van der Waals surface area contributed by atoms with E-state index in [1.165, 1.54) is 0 Å². The third kappa shape index (κ3) is 3.35. The Labute approximate surface area is 114 Å². The SMILES string of the molecule is Cc1ccc(S(=O)(=O)NC2CCC2)c(C#CCN)c1. The first-order valence-electron chi connectivity index (χ1n) is 6.35. The molecule has 0 unspecified atom stereocenters. The van der Waals surface area contributed by atoms with E-state index >= 15 is 0 Å². The Balaban J connectivity index is 2.36. The molecule has 19 heavy (non-hydrogen) atoms. The monoisotopic (exact) mass is 278 g/mol. The first-order chi connectivity index (χ1) is 9.03. The van der Waals surface area contributed by atoms with Gasteiger partial charge in [0.1, 0.15) is 0 Å². The molecule has 1 saturated carbocycles. The number of hydrogen-bond donors (Lipinski definition) is 2. The van der Waals surface area contributed by atoms with Gasteiger partial charge < -0.3 is 5.73 Å². The van der Waals surface area contributed by atoms with Gasteiger partial charge in [0, 0.05) is 11.6 Å². The molecule has 1 fully saturated rings. The lowest BCUT2D eigenvalue weighted by Gasteiger charge is -2.26. The predicted octanol–water partition coefficient (Wildman–Crippen LogP) is 1.14. The number of aryl methyl sites for hydroxylation is 1. The maximum absolute atomic E-state index is 12.3. The van der Waals surface area contributed by atoms with E-state index in [1.54, 1.807) is 18.2 Å². The molecule has 102 valence electrons. The minimum absolute atomic E-state index is 0.0709. The summed E-state index contributed by atoms with van der Waals surface area (Å²) < 4.78 is 27.4. The maximum Gasteiger partial charge on any atom is 0.242 e. The fourth-order valence-corrected chi connectivity index (χ4v) is 3.38. The van der Waals surface area contributed by atoms with Gasteiger partial charge in [-0.05, 0) is 37.5 Å². The van der Waals surface area contributed by atoms with Crippen LogP contribution in [-0.4, -0.2) is 21.0 Å². The highest BCUT2D eigenvalue weighted by atomic mass is 32.2. The molecule has 0 radical (unpaired) electrons. The standard InChI is InChI=1S/C14H18N2O2S/c1-11-7-8-14(12(10-11)4-3-9-15)19(17,18)16-13-5-2-6-13/h7-8,10,13,16H,2,5-6,9,15H2,1H3. The van der Waals surface area contributed by atoms with Crippen LogP contribution in [0.4, 0.5) is 0 Å². The van der Waals surface area contributed by atoms with Gasteiger partial charge >= 0.3 is 0 Å². The number of nitrogens with one attached hydrogen (secondary N) is 1. The van der Waals surface area contributed by atoms with Crippen LogP contribution in [0.5, 0.6) is 0 Å². The smallest absolute Gasteiger partial charge is 0.242 e. The fourth-order valence-electron chi connectivity index (χ4n) is 1.93. The predicted molar refractivity (Wildman–Crippen MR) is 75.1 cm³/mol. The summed E-state index contributed by atoms with van der Waals surface area (Å²) in [5, 5.41) is 0. The van der Waals surface area contributed by atoms with Gasteiger partial charge in [0.25, 0.3) is 0 Å². The summed E-state index contributed by atoms with van der Waals surface area (Å²) >= 11 is 0. The van der Waals surface area contributed by atoms with Crippen molar-refractivity contribution >= 4 is 10.0 Å². The van der Waals surface area contributed by atoms with E-state index in [9.17, 15) is 8.42 Å². The average molecular weight is 278 g/mol. The molecule has 2 rings (SSSR count). The van der Waals surface area contributed by atoms with E-state index in [-0.39, 0.29) is 17.5 Å². The Morgan fingerprint density at radius 3 is 2.74 bits per heavy atom. The Morgan fingerprint density at radius 2 is 2.16 bits per heavy atom. The second-order valence-corrected chi connectivity index (χ2v) is 6.44. The number of nitrogens with two attached hydrogens (primary N) is 1. The molecule has 5 heteroatoms. The molecule has 1 aromatic rings. The van der Waals surface area contributed by atoms with Gasteiger partial charge in [-0.15, -0.1) is 0 Å². The third-order valence-electron chi connectivity index (χ3n) is 3.18. The molecule has 0 spiro atoms. The number of sulfonamides is 1. The highest BCUT2D eigenvalue weighted by Crippen LogP contribution is 2.23. The van der Waals surface area contributed by atoms with Crippen molar-refractivity contribution in [1.29, 1.82) is 0 Å². The molecule has 0 aromatic heterocycles. The van der Waals surface area contributed by atoms with Crippen molar-refractivity contribution in [2.75, 3.05) is 6.54 Å². The first-order valence-corrected chi connectivity index (χ1v) is 7.83. The van der Waals surface area contributed by atoms with Crippen LogP contribution in [0.1, 0.15) is 30.4 Å². The summed E-state index contributed by atoms with van der Waals surface area (Å²) in [7, 11) is -3.49. The zero-order chi connectivity index (χ0) is 13.9. The van der Waals surface area contributed by atoms with Gasteiger partial charge in [0.2, 0.25) is 10.0 Å². The van der Waals surface area contributed by atoms with Gasteiger partial charge in [0.05, 0.1) is 11.4 Å². The summed E-state index contributed by atoms with van der Waals surface area (Å²) in [6.45, 7) is 2.12. The molecule has 0 amide bonds. The van der Waals surface area contributed by atoms with Crippen molar-refractivity contribution < 1.29 is 8.42 Å². The summed E-state index contributed by atoms with van der Waals surface area (Å²) in [6.07, 6.45) is 2.91. The van der Waals surface area contributed by atoms with Gasteiger partial charge in [-0.2, -0.15) is 0 Å². The second kappa shape index (κ2) is 5.74. The minimum Gasteiger partial charge on any atom is -0.320 e. The van der Waals surface area contributed by atoms with E-state index in [4.69, 9.17) is 5.73 Å². The van der Waals surface area contributed by atoms with Crippen molar-refractivity contribution in [3.05, 3.63) is 29.3 Å². The second-order valence-electron chi connectivity index (χ2n) is 4.75. The summed E-state index contributed by atoms with van der Waals surface area (Å²) in [4.78, 5) is 0.242. The first kappa shape index (κ1) is 14.1. The van der Waals surface area contributed by atoms with E-state index in [0.717, 1.165) is 24.8 Å². The molecule has 1 aromatic carbocycles. The lowest BCUT2D eigenvalue weighted by Crippen LogP contribution is -2.39. The zero-order valence-corrected chi connectivity index (χ0v) is 11.8. The Kier molecular flexibility index (Phi) is 4.25. The Hall–Kier alpha value is -1.35. The molecule has 0 saturated heterocycles. The number of rotatable bonds is 3. The van der Waals surface area contributed by atoms with Crippen LogP contribution in [0.2, 0.25) is 0 Å². The van der Waals surface area contributed by atoms with Crippen LogP contribution >= 0.6 is 0 Å². The largest absolute Gasteiger partial charge is 0.320 e. The number of hydrogen-bond acceptors (Lipinski definition) is 3. The van der Waals surface area contributed by atoms with E-state index in [2.05, 4.69) is 16.6 Å². The van der Waals surface area contributed by atoms with Crippen molar-refractivity contribution in [1.82, 2.24) is 4.72 Å². The van der Waals surface area contributed by atoms with Gasteiger partial charge in [-0.25, -0.2) is 13.1 Å². The maximum atomic E-state index is 12.3. The molecule has 0 heterocycles. The highest BCUT2D eigenvalue weighted by molar-refractivity contribution is 7.89. The lowest BCUT2D eigenvalue weighted by atomic mass is 9.94. The number of benzene rings is 1. The van der Waals surface area contributed by atoms with E-state index in [0.29, 0.717) is 5.56 Å². The lowest BCUT2D eigenvalue weighted by molar-refractivity contribution is 0.383. The van der Waals surface area contributed by atoms with E-state index < -0.39 is 10.0 Å². The molecule has 0 bridgehead atoms. The zero-order valence-electron chi connectivity index (χ0n) is 10.9. The van der Waals surface area contributed by atoms with Crippen LogP contribution in [0.25, 0.3) is 0 Å². The quantitative estimate of drug-likeness (QED) is 0.814. The van der Waals surface area contributed by atoms with Crippen LogP contribution < -0.4 is 10.5 Å². The average Bonchev–Trinajstić information content (AvgIpc) is 2.31. The van der Waals surface area contributed by atoms with Crippen LogP contribution in [0.15, 0.2) is 23.1 Å². The molecule has 1 aliphatic rings. The normalized spacial score (nSPS) is 15.5.